The fourth-order valence-electron chi connectivity index (χ4n) is 2.91. The van der Waals surface area contributed by atoms with Crippen LogP contribution in [0, 0.1) is 0 Å². The lowest BCUT2D eigenvalue weighted by molar-refractivity contribution is 0.191. The zero-order valence-electron chi connectivity index (χ0n) is 8.95. The van der Waals surface area contributed by atoms with Crippen LogP contribution in [0.25, 0.3) is 0 Å². The van der Waals surface area contributed by atoms with Crippen molar-refractivity contribution in [1.29, 1.82) is 0 Å². The van der Waals surface area contributed by atoms with E-state index in [0.717, 1.165) is 25.2 Å². The molecule has 15 heavy (non-hydrogen) atoms. The highest BCUT2D eigenvalue weighted by molar-refractivity contribution is 5.01. The van der Waals surface area contributed by atoms with Crippen molar-refractivity contribution >= 4 is 0 Å². The summed E-state index contributed by atoms with van der Waals surface area (Å²) >= 11 is 0. The molecule has 3 heterocycles. The second-order valence-corrected chi connectivity index (χ2v) is 4.63. The summed E-state index contributed by atoms with van der Waals surface area (Å²) in [6.45, 7) is 3.38. The molecule has 82 valence electrons. The van der Waals surface area contributed by atoms with Gasteiger partial charge < -0.3 is 5.32 Å². The van der Waals surface area contributed by atoms with E-state index in [2.05, 4.69) is 26.5 Å². The highest BCUT2D eigenvalue weighted by Gasteiger charge is 2.34. The lowest BCUT2D eigenvalue weighted by Crippen LogP contribution is -2.37. The molecule has 2 saturated heterocycles. The van der Waals surface area contributed by atoms with E-state index < -0.39 is 0 Å². The predicted molar refractivity (Wildman–Crippen MR) is 58.4 cm³/mol. The number of hydrogen-bond donors (Lipinski definition) is 2. The lowest BCUT2D eigenvalue weighted by atomic mass is 10.1. The van der Waals surface area contributed by atoms with E-state index in [1.54, 1.807) is 0 Å². The van der Waals surface area contributed by atoms with Gasteiger partial charge in [0.2, 0.25) is 0 Å². The summed E-state index contributed by atoms with van der Waals surface area (Å²) in [4.78, 5) is 2.65. The van der Waals surface area contributed by atoms with E-state index in [0.29, 0.717) is 0 Å². The molecule has 4 nitrogen and oxygen atoms in total. The molecule has 1 aromatic rings. The van der Waals surface area contributed by atoms with Gasteiger partial charge in [0.05, 0.1) is 0 Å². The summed E-state index contributed by atoms with van der Waals surface area (Å²) in [5.74, 6) is 0. The number of nitrogens with zero attached hydrogens (tertiary/aromatic N) is 2. The minimum absolute atomic E-state index is 0.737. The SMILES string of the molecule is c1cc(CN2C3CCNCC2CC3)[nH]n1. The summed E-state index contributed by atoms with van der Waals surface area (Å²) in [5, 5.41) is 10.6. The summed E-state index contributed by atoms with van der Waals surface area (Å²) in [6.07, 6.45) is 5.87. The van der Waals surface area contributed by atoms with Crippen molar-refractivity contribution in [3.05, 3.63) is 18.0 Å². The molecule has 2 unspecified atom stereocenters. The molecule has 0 amide bonds. The van der Waals surface area contributed by atoms with Crippen LogP contribution in [0.3, 0.4) is 0 Å². The first-order valence-electron chi connectivity index (χ1n) is 5.88. The molecule has 2 aliphatic heterocycles. The molecular weight excluding hydrogens is 188 g/mol. The molecule has 2 aliphatic rings. The van der Waals surface area contributed by atoms with Gasteiger partial charge in [-0.15, -0.1) is 0 Å². The summed E-state index contributed by atoms with van der Waals surface area (Å²) in [7, 11) is 0. The molecule has 2 N–H and O–H groups in total. The van der Waals surface area contributed by atoms with Gasteiger partial charge in [0.15, 0.2) is 0 Å². The molecule has 0 spiro atoms. The average Bonchev–Trinajstić information content (AvgIpc) is 2.76. The first kappa shape index (κ1) is 9.36. The van der Waals surface area contributed by atoms with Crippen molar-refractivity contribution in [2.45, 2.75) is 37.9 Å². The second-order valence-electron chi connectivity index (χ2n) is 4.63. The van der Waals surface area contributed by atoms with Crippen LogP contribution in [0.4, 0.5) is 0 Å². The standard InChI is InChI=1S/C11H18N4/c1-2-11-7-12-5-4-10(1)15(11)8-9-3-6-13-14-9/h3,6,10-12H,1-2,4-5,7-8H2,(H,13,14). The topological polar surface area (TPSA) is 44.0 Å². The van der Waals surface area contributed by atoms with Crippen molar-refractivity contribution in [3.63, 3.8) is 0 Å². The number of H-pyrrole nitrogens is 1. The van der Waals surface area contributed by atoms with Gasteiger partial charge >= 0.3 is 0 Å². The van der Waals surface area contributed by atoms with Crippen molar-refractivity contribution in [2.75, 3.05) is 13.1 Å². The highest BCUT2D eigenvalue weighted by Crippen LogP contribution is 2.28. The minimum atomic E-state index is 0.737. The van der Waals surface area contributed by atoms with Crippen LogP contribution in [-0.4, -0.2) is 40.3 Å². The van der Waals surface area contributed by atoms with Crippen LogP contribution in [0.5, 0.6) is 0 Å². The van der Waals surface area contributed by atoms with Crippen LogP contribution in [-0.2, 0) is 6.54 Å². The van der Waals surface area contributed by atoms with E-state index in [1.165, 1.54) is 31.5 Å². The minimum Gasteiger partial charge on any atom is -0.315 e. The normalized spacial score (nSPS) is 31.7. The number of aromatic nitrogens is 2. The molecule has 2 bridgehead atoms. The quantitative estimate of drug-likeness (QED) is 0.750. The highest BCUT2D eigenvalue weighted by atomic mass is 15.3. The Bertz CT molecular complexity index is 294. The molecule has 3 rings (SSSR count). The molecule has 0 aromatic carbocycles. The molecule has 1 aromatic heterocycles. The predicted octanol–water partition coefficient (Wildman–Crippen LogP) is 0.736. The monoisotopic (exact) mass is 206 g/mol. The van der Waals surface area contributed by atoms with Gasteiger partial charge in [-0.25, -0.2) is 0 Å². The van der Waals surface area contributed by atoms with E-state index in [4.69, 9.17) is 0 Å². The van der Waals surface area contributed by atoms with Crippen molar-refractivity contribution in [1.82, 2.24) is 20.4 Å². The first-order chi connectivity index (χ1) is 7.43. The Morgan fingerprint density at radius 3 is 3.13 bits per heavy atom. The fraction of sp³-hybridized carbons (Fsp3) is 0.727. The number of aromatic amines is 1. The van der Waals surface area contributed by atoms with Gasteiger partial charge in [0, 0.05) is 37.1 Å². The molecule has 0 saturated carbocycles. The average molecular weight is 206 g/mol. The van der Waals surface area contributed by atoms with E-state index in [-0.39, 0.29) is 0 Å². The summed E-state index contributed by atoms with van der Waals surface area (Å²) in [6, 6.07) is 3.60. The van der Waals surface area contributed by atoms with Gasteiger partial charge in [-0.2, -0.15) is 5.10 Å². The van der Waals surface area contributed by atoms with Gasteiger partial charge in [0.25, 0.3) is 0 Å². The van der Waals surface area contributed by atoms with Gasteiger partial charge in [-0.3, -0.25) is 10.00 Å². The van der Waals surface area contributed by atoms with E-state index >= 15 is 0 Å². The Balaban J connectivity index is 1.74. The molecule has 0 aliphatic carbocycles. The zero-order chi connectivity index (χ0) is 10.1. The molecule has 2 fully saturated rings. The maximum atomic E-state index is 4.01. The Morgan fingerprint density at radius 1 is 1.33 bits per heavy atom. The summed E-state index contributed by atoms with van der Waals surface area (Å²) < 4.78 is 0. The number of fused-ring (bicyclic) bond motifs is 2. The largest absolute Gasteiger partial charge is 0.315 e. The first-order valence-corrected chi connectivity index (χ1v) is 5.88. The van der Waals surface area contributed by atoms with Crippen LogP contribution in [0.1, 0.15) is 25.0 Å². The number of hydrogen-bond acceptors (Lipinski definition) is 3. The van der Waals surface area contributed by atoms with Crippen molar-refractivity contribution < 1.29 is 0 Å². The third-order valence-electron chi connectivity index (χ3n) is 3.72. The second kappa shape index (κ2) is 3.94. The van der Waals surface area contributed by atoms with E-state index in [1.807, 2.05) is 6.20 Å². The Morgan fingerprint density at radius 2 is 2.27 bits per heavy atom. The molecule has 4 heteroatoms. The maximum absolute atomic E-state index is 4.01. The Kier molecular flexibility index (Phi) is 2.46. The number of rotatable bonds is 2. The molecular formula is C11H18N4. The maximum Gasteiger partial charge on any atom is 0.0492 e. The molecule has 2 atom stereocenters. The van der Waals surface area contributed by atoms with Gasteiger partial charge in [0.1, 0.15) is 0 Å². The number of nitrogens with one attached hydrogen (secondary N) is 2. The fourth-order valence-corrected chi connectivity index (χ4v) is 2.91. The Labute approximate surface area is 90.0 Å². The van der Waals surface area contributed by atoms with Crippen LogP contribution >= 0.6 is 0 Å². The lowest BCUT2D eigenvalue weighted by Gasteiger charge is -2.26. The van der Waals surface area contributed by atoms with E-state index in [9.17, 15) is 0 Å². The van der Waals surface area contributed by atoms with Gasteiger partial charge in [-0.05, 0) is 31.9 Å². The van der Waals surface area contributed by atoms with Gasteiger partial charge in [-0.1, -0.05) is 0 Å². The van der Waals surface area contributed by atoms with Crippen molar-refractivity contribution in [3.8, 4) is 0 Å². The third-order valence-corrected chi connectivity index (χ3v) is 3.72. The van der Waals surface area contributed by atoms with Crippen LogP contribution < -0.4 is 5.32 Å². The Hall–Kier alpha value is -0.870. The summed E-state index contributed by atoms with van der Waals surface area (Å²) in [5.41, 5.74) is 1.24. The van der Waals surface area contributed by atoms with Crippen LogP contribution in [0.2, 0.25) is 0 Å². The smallest absolute Gasteiger partial charge is 0.0492 e. The third kappa shape index (κ3) is 1.79. The molecule has 0 radical (unpaired) electrons. The zero-order valence-corrected chi connectivity index (χ0v) is 8.95. The van der Waals surface area contributed by atoms with Crippen molar-refractivity contribution in [2.24, 2.45) is 0 Å². The van der Waals surface area contributed by atoms with Crippen LogP contribution in [0.15, 0.2) is 12.3 Å².